The number of hydrogen-bond donors (Lipinski definition) is 0. The summed E-state index contributed by atoms with van der Waals surface area (Å²) in [5.74, 6) is 0. The topological polar surface area (TPSA) is 3.24 Å². The molecule has 9 aromatic rings. The maximum Gasteiger partial charge on any atom is 0.0468 e. The number of hydrogen-bond acceptors (Lipinski definition) is 2. The maximum atomic E-state index is 2.36. The molecular weight excluding hydrogens is 551 g/mol. The first-order chi connectivity index (χ1) is 21.8. The minimum Gasteiger partial charge on any atom is -0.310 e. The Morgan fingerprint density at radius 1 is 0.364 bits per heavy atom. The van der Waals surface area contributed by atoms with E-state index in [0.29, 0.717) is 0 Å². The molecule has 44 heavy (non-hydrogen) atoms. The highest BCUT2D eigenvalue weighted by molar-refractivity contribution is 7.25. The molecule has 0 unspecified atom stereocenters. The zero-order valence-corrected chi connectivity index (χ0v) is 24.8. The Morgan fingerprint density at radius 2 is 0.977 bits per heavy atom. The van der Waals surface area contributed by atoms with E-state index in [-0.39, 0.29) is 0 Å². The zero-order chi connectivity index (χ0) is 29.0. The van der Waals surface area contributed by atoms with E-state index in [4.69, 9.17) is 0 Å². The van der Waals surface area contributed by atoms with Crippen LogP contribution in [0.5, 0.6) is 0 Å². The van der Waals surface area contributed by atoms with Gasteiger partial charge in [-0.2, -0.15) is 0 Å². The van der Waals surface area contributed by atoms with Gasteiger partial charge in [0, 0.05) is 37.2 Å². The van der Waals surface area contributed by atoms with Gasteiger partial charge < -0.3 is 4.90 Å². The average molecular weight is 578 g/mol. The van der Waals surface area contributed by atoms with E-state index >= 15 is 0 Å². The van der Waals surface area contributed by atoms with E-state index in [0.717, 1.165) is 17.1 Å². The van der Waals surface area contributed by atoms with Crippen LogP contribution in [-0.4, -0.2) is 0 Å². The highest BCUT2D eigenvalue weighted by Crippen LogP contribution is 2.42. The molecule has 0 aliphatic rings. The third-order valence-electron chi connectivity index (χ3n) is 8.82. The molecule has 0 aliphatic carbocycles. The first kappa shape index (κ1) is 25.1. The van der Waals surface area contributed by atoms with Crippen molar-refractivity contribution in [1.82, 2.24) is 0 Å². The molecule has 0 amide bonds. The fourth-order valence-corrected chi connectivity index (χ4v) is 7.86. The van der Waals surface area contributed by atoms with Crippen molar-refractivity contribution in [2.75, 3.05) is 4.90 Å². The lowest BCUT2D eigenvalue weighted by Gasteiger charge is -2.26. The van der Waals surface area contributed by atoms with Crippen LogP contribution in [0.4, 0.5) is 17.1 Å². The van der Waals surface area contributed by atoms with Gasteiger partial charge in [0.1, 0.15) is 0 Å². The summed E-state index contributed by atoms with van der Waals surface area (Å²) in [6, 6.07) is 59.7. The smallest absolute Gasteiger partial charge is 0.0468 e. The van der Waals surface area contributed by atoms with Crippen LogP contribution in [0.15, 0.2) is 164 Å². The van der Waals surface area contributed by atoms with Gasteiger partial charge in [0.2, 0.25) is 0 Å². The third-order valence-corrected chi connectivity index (χ3v) is 9.97. The van der Waals surface area contributed by atoms with Crippen molar-refractivity contribution < 1.29 is 0 Å². The monoisotopic (exact) mass is 577 g/mol. The lowest BCUT2D eigenvalue weighted by Crippen LogP contribution is -2.09. The predicted octanol–water partition coefficient (Wildman–Crippen LogP) is 12.7. The van der Waals surface area contributed by atoms with Crippen LogP contribution in [0.2, 0.25) is 0 Å². The Balaban J connectivity index is 1.22. The summed E-state index contributed by atoms with van der Waals surface area (Å²) in [4.78, 5) is 2.36. The molecule has 9 rings (SSSR count). The van der Waals surface area contributed by atoms with Gasteiger partial charge in [0.05, 0.1) is 0 Å². The van der Waals surface area contributed by atoms with Crippen LogP contribution in [0.3, 0.4) is 0 Å². The Labute approximate surface area is 259 Å². The number of nitrogens with zero attached hydrogens (tertiary/aromatic N) is 1. The Morgan fingerprint density at radius 3 is 1.80 bits per heavy atom. The van der Waals surface area contributed by atoms with Gasteiger partial charge >= 0.3 is 0 Å². The van der Waals surface area contributed by atoms with E-state index in [9.17, 15) is 0 Å². The van der Waals surface area contributed by atoms with E-state index in [1.54, 1.807) is 0 Å². The molecule has 0 bridgehead atoms. The second-order valence-electron chi connectivity index (χ2n) is 11.4. The molecule has 0 fully saturated rings. The highest BCUT2D eigenvalue weighted by atomic mass is 32.1. The van der Waals surface area contributed by atoms with Crippen LogP contribution >= 0.6 is 11.3 Å². The predicted molar refractivity (Wildman–Crippen MR) is 192 cm³/mol. The summed E-state index contributed by atoms with van der Waals surface area (Å²) < 4.78 is 2.64. The van der Waals surface area contributed by atoms with Crippen molar-refractivity contribution in [2.24, 2.45) is 0 Å². The lowest BCUT2D eigenvalue weighted by molar-refractivity contribution is 1.29. The lowest BCUT2D eigenvalue weighted by atomic mass is 9.90. The number of para-hydroxylation sites is 1. The Kier molecular flexibility index (Phi) is 5.75. The van der Waals surface area contributed by atoms with Crippen LogP contribution in [0, 0.1) is 0 Å². The molecule has 0 saturated carbocycles. The fraction of sp³-hybridized carbons (Fsp3) is 0. The van der Waals surface area contributed by atoms with Crippen molar-refractivity contribution in [2.45, 2.75) is 0 Å². The summed E-state index contributed by atoms with van der Waals surface area (Å²) in [5, 5.41) is 10.3. The van der Waals surface area contributed by atoms with Crippen LogP contribution < -0.4 is 4.90 Å². The molecule has 0 atom stereocenters. The van der Waals surface area contributed by atoms with Crippen molar-refractivity contribution >= 4 is 80.9 Å². The minimum atomic E-state index is 1.13. The second-order valence-corrected chi connectivity index (χ2v) is 12.4. The Bertz CT molecular complexity index is 2470. The van der Waals surface area contributed by atoms with E-state index in [2.05, 4.69) is 169 Å². The summed E-state index contributed by atoms with van der Waals surface area (Å²) in [7, 11) is 0. The quantitative estimate of drug-likeness (QED) is 0.188. The molecule has 0 radical (unpaired) electrons. The molecule has 8 aromatic carbocycles. The van der Waals surface area contributed by atoms with Crippen molar-refractivity contribution in [3.63, 3.8) is 0 Å². The number of rotatable bonds is 4. The molecule has 0 N–H and O–H groups in total. The fourth-order valence-electron chi connectivity index (χ4n) is 6.78. The van der Waals surface area contributed by atoms with Gasteiger partial charge in [-0.15, -0.1) is 11.3 Å². The van der Waals surface area contributed by atoms with Crippen molar-refractivity contribution in [3.05, 3.63) is 164 Å². The van der Waals surface area contributed by atoms with E-state index < -0.39 is 0 Å². The summed E-state index contributed by atoms with van der Waals surface area (Å²) in [6.07, 6.45) is 0. The van der Waals surface area contributed by atoms with Gasteiger partial charge in [-0.25, -0.2) is 0 Å². The van der Waals surface area contributed by atoms with Crippen LogP contribution in [0.1, 0.15) is 0 Å². The van der Waals surface area contributed by atoms with E-state index in [1.807, 2.05) is 11.3 Å². The normalized spacial score (nSPS) is 11.6. The van der Waals surface area contributed by atoms with Gasteiger partial charge in [0.15, 0.2) is 0 Å². The standard InChI is InChI=1S/C42H27NS/c1-2-12-31(13-3-1)43(33-23-25-41-39(27-33)36-16-8-9-17-40(36)44-41)32-21-18-29(19-22-32)38-26-30-11-5-7-15-35(30)42-34-14-6-4-10-28(34)20-24-37(38)42/h1-27H. The zero-order valence-electron chi connectivity index (χ0n) is 23.9. The van der Waals surface area contributed by atoms with E-state index in [1.165, 1.54) is 63.6 Å². The molecule has 1 aromatic heterocycles. The molecule has 0 saturated heterocycles. The number of anilines is 3. The maximum absolute atomic E-state index is 2.36. The summed E-state index contributed by atoms with van der Waals surface area (Å²) >= 11 is 1.86. The van der Waals surface area contributed by atoms with Gasteiger partial charge in [-0.1, -0.05) is 109 Å². The first-order valence-corrected chi connectivity index (χ1v) is 15.8. The molecule has 206 valence electrons. The molecule has 2 heteroatoms. The largest absolute Gasteiger partial charge is 0.310 e. The number of benzene rings is 8. The Hall–Kier alpha value is -5.44. The molecule has 0 aliphatic heterocycles. The van der Waals surface area contributed by atoms with Crippen LogP contribution in [0.25, 0.3) is 63.6 Å². The van der Waals surface area contributed by atoms with Gasteiger partial charge in [0.25, 0.3) is 0 Å². The van der Waals surface area contributed by atoms with Crippen molar-refractivity contribution in [1.29, 1.82) is 0 Å². The second kappa shape index (κ2) is 10.1. The first-order valence-electron chi connectivity index (χ1n) is 15.0. The molecule has 1 nitrogen and oxygen atoms in total. The SMILES string of the molecule is c1ccc(N(c2ccc(-c3cc4ccccc4c4c3ccc3ccccc34)cc2)c2ccc3sc4ccccc4c3c2)cc1. The minimum absolute atomic E-state index is 1.13. The average Bonchev–Trinajstić information content (AvgIpc) is 3.47. The summed E-state index contributed by atoms with van der Waals surface area (Å²) in [6.45, 7) is 0. The number of fused-ring (bicyclic) bond motifs is 8. The van der Waals surface area contributed by atoms with Crippen LogP contribution in [-0.2, 0) is 0 Å². The summed E-state index contributed by atoms with van der Waals surface area (Å²) in [5.41, 5.74) is 5.90. The van der Waals surface area contributed by atoms with Gasteiger partial charge in [-0.05, 0) is 98.0 Å². The third kappa shape index (κ3) is 4.00. The van der Waals surface area contributed by atoms with Crippen molar-refractivity contribution in [3.8, 4) is 11.1 Å². The highest BCUT2D eigenvalue weighted by Gasteiger charge is 2.16. The molecule has 0 spiro atoms. The number of thiophene rings is 1. The van der Waals surface area contributed by atoms with Gasteiger partial charge in [-0.3, -0.25) is 0 Å². The molecular formula is C42H27NS. The molecule has 1 heterocycles.